The van der Waals surface area contributed by atoms with Crippen LogP contribution >= 0.6 is 0 Å². The summed E-state index contributed by atoms with van der Waals surface area (Å²) < 4.78 is 0. The molecule has 0 saturated carbocycles. The molecule has 0 atom stereocenters. The molecule has 0 aromatic heterocycles. The summed E-state index contributed by atoms with van der Waals surface area (Å²) in [5.41, 5.74) is 10.0. The number of benzene rings is 1. The summed E-state index contributed by atoms with van der Waals surface area (Å²) in [7, 11) is 0. The predicted molar refractivity (Wildman–Crippen MR) is 82.8 cm³/mol. The standard InChI is InChI=1S/C16H27N3/c1-13-9-14(2)11-15(10-13)18-5-7-19(8-6-18)16(3,4)12-17/h9-11H,5-8,12,17H2,1-4H3. The molecule has 0 aliphatic carbocycles. The zero-order valence-electron chi connectivity index (χ0n) is 12.7. The van der Waals surface area contributed by atoms with Crippen molar-refractivity contribution in [2.45, 2.75) is 33.2 Å². The quantitative estimate of drug-likeness (QED) is 0.905. The van der Waals surface area contributed by atoms with Crippen molar-refractivity contribution in [3.05, 3.63) is 29.3 Å². The molecule has 2 rings (SSSR count). The van der Waals surface area contributed by atoms with Crippen molar-refractivity contribution in [2.24, 2.45) is 5.73 Å². The summed E-state index contributed by atoms with van der Waals surface area (Å²) in [6, 6.07) is 6.81. The zero-order chi connectivity index (χ0) is 14.0. The van der Waals surface area contributed by atoms with Crippen LogP contribution < -0.4 is 10.6 Å². The van der Waals surface area contributed by atoms with Crippen LogP contribution in [0.15, 0.2) is 18.2 Å². The van der Waals surface area contributed by atoms with Crippen LogP contribution in [0.5, 0.6) is 0 Å². The van der Waals surface area contributed by atoms with Gasteiger partial charge in [0.15, 0.2) is 0 Å². The molecule has 0 radical (unpaired) electrons. The Kier molecular flexibility index (Phi) is 4.16. The third-order valence-electron chi connectivity index (χ3n) is 4.21. The number of hydrogen-bond acceptors (Lipinski definition) is 3. The molecule has 0 bridgehead atoms. The van der Waals surface area contributed by atoms with E-state index in [4.69, 9.17) is 5.73 Å². The molecule has 1 aliphatic heterocycles. The molecule has 1 aliphatic rings. The lowest BCUT2D eigenvalue weighted by Gasteiger charge is -2.44. The summed E-state index contributed by atoms with van der Waals surface area (Å²) in [5, 5.41) is 0. The van der Waals surface area contributed by atoms with Gasteiger partial charge in [-0.25, -0.2) is 0 Å². The molecule has 106 valence electrons. The van der Waals surface area contributed by atoms with Crippen LogP contribution in [-0.2, 0) is 0 Å². The van der Waals surface area contributed by atoms with E-state index < -0.39 is 0 Å². The van der Waals surface area contributed by atoms with Gasteiger partial charge in [-0.2, -0.15) is 0 Å². The minimum atomic E-state index is 0.120. The number of anilines is 1. The van der Waals surface area contributed by atoms with Gasteiger partial charge in [0.2, 0.25) is 0 Å². The van der Waals surface area contributed by atoms with E-state index in [2.05, 4.69) is 55.7 Å². The van der Waals surface area contributed by atoms with E-state index in [9.17, 15) is 0 Å². The van der Waals surface area contributed by atoms with Crippen LogP contribution in [0.2, 0.25) is 0 Å². The third-order valence-corrected chi connectivity index (χ3v) is 4.21. The second-order valence-corrected chi connectivity index (χ2v) is 6.34. The Bertz CT molecular complexity index is 411. The summed E-state index contributed by atoms with van der Waals surface area (Å²) >= 11 is 0. The maximum absolute atomic E-state index is 5.87. The highest BCUT2D eigenvalue weighted by Gasteiger charge is 2.28. The Morgan fingerprint density at radius 1 is 1.00 bits per heavy atom. The molecule has 1 fully saturated rings. The molecule has 3 nitrogen and oxygen atoms in total. The highest BCUT2D eigenvalue weighted by Crippen LogP contribution is 2.22. The number of hydrogen-bond donors (Lipinski definition) is 1. The van der Waals surface area contributed by atoms with Crippen molar-refractivity contribution >= 4 is 5.69 Å². The monoisotopic (exact) mass is 261 g/mol. The predicted octanol–water partition coefficient (Wildman–Crippen LogP) is 2.16. The van der Waals surface area contributed by atoms with Crippen LogP contribution in [0.25, 0.3) is 0 Å². The van der Waals surface area contributed by atoms with E-state index in [1.807, 2.05) is 0 Å². The van der Waals surface area contributed by atoms with Gasteiger partial charge in [-0.3, -0.25) is 4.90 Å². The van der Waals surface area contributed by atoms with Gasteiger partial charge in [0.1, 0.15) is 0 Å². The van der Waals surface area contributed by atoms with Gasteiger partial charge in [0.25, 0.3) is 0 Å². The average Bonchev–Trinajstić information content (AvgIpc) is 2.38. The lowest BCUT2D eigenvalue weighted by Crippen LogP contribution is -2.57. The normalized spacial score (nSPS) is 17.8. The van der Waals surface area contributed by atoms with Crippen LogP contribution in [0.3, 0.4) is 0 Å². The number of aryl methyl sites for hydroxylation is 2. The highest BCUT2D eigenvalue weighted by molar-refractivity contribution is 5.51. The van der Waals surface area contributed by atoms with Crippen molar-refractivity contribution in [1.82, 2.24) is 4.90 Å². The lowest BCUT2D eigenvalue weighted by molar-refractivity contribution is 0.119. The fraction of sp³-hybridized carbons (Fsp3) is 0.625. The SMILES string of the molecule is Cc1cc(C)cc(N2CCN(C(C)(C)CN)CC2)c1. The highest BCUT2D eigenvalue weighted by atomic mass is 15.3. The fourth-order valence-electron chi connectivity index (χ4n) is 2.83. The first kappa shape index (κ1) is 14.4. The van der Waals surface area contributed by atoms with Crippen molar-refractivity contribution in [1.29, 1.82) is 0 Å². The molecule has 1 heterocycles. The second-order valence-electron chi connectivity index (χ2n) is 6.34. The first-order valence-corrected chi connectivity index (χ1v) is 7.21. The molecule has 0 amide bonds. The lowest BCUT2D eigenvalue weighted by atomic mass is 10.0. The number of rotatable bonds is 3. The molecule has 1 aromatic carbocycles. The minimum absolute atomic E-state index is 0.120. The van der Waals surface area contributed by atoms with E-state index in [1.165, 1.54) is 16.8 Å². The first-order chi connectivity index (χ1) is 8.92. The molecular weight excluding hydrogens is 234 g/mol. The van der Waals surface area contributed by atoms with Crippen molar-refractivity contribution < 1.29 is 0 Å². The number of nitrogens with zero attached hydrogens (tertiary/aromatic N) is 2. The van der Waals surface area contributed by atoms with Gasteiger partial charge in [-0.15, -0.1) is 0 Å². The minimum Gasteiger partial charge on any atom is -0.369 e. The summed E-state index contributed by atoms with van der Waals surface area (Å²) in [6.45, 7) is 13.9. The van der Waals surface area contributed by atoms with E-state index in [1.54, 1.807) is 0 Å². The molecule has 1 saturated heterocycles. The Hall–Kier alpha value is -1.06. The molecule has 19 heavy (non-hydrogen) atoms. The largest absolute Gasteiger partial charge is 0.369 e. The Morgan fingerprint density at radius 2 is 1.53 bits per heavy atom. The Labute approximate surface area is 117 Å². The van der Waals surface area contributed by atoms with E-state index in [0.29, 0.717) is 0 Å². The summed E-state index contributed by atoms with van der Waals surface area (Å²) in [5.74, 6) is 0. The number of nitrogens with two attached hydrogens (primary N) is 1. The van der Waals surface area contributed by atoms with Crippen LogP contribution in [0, 0.1) is 13.8 Å². The van der Waals surface area contributed by atoms with Gasteiger partial charge in [0.05, 0.1) is 0 Å². The molecule has 3 heteroatoms. The van der Waals surface area contributed by atoms with Gasteiger partial charge in [-0.05, 0) is 51.0 Å². The smallest absolute Gasteiger partial charge is 0.0372 e. The third kappa shape index (κ3) is 3.28. The zero-order valence-corrected chi connectivity index (χ0v) is 12.7. The second kappa shape index (κ2) is 5.51. The topological polar surface area (TPSA) is 32.5 Å². The maximum atomic E-state index is 5.87. The van der Waals surface area contributed by atoms with Gasteiger partial charge >= 0.3 is 0 Å². The van der Waals surface area contributed by atoms with Crippen LogP contribution in [-0.4, -0.2) is 43.2 Å². The summed E-state index contributed by atoms with van der Waals surface area (Å²) in [6.07, 6.45) is 0. The van der Waals surface area contributed by atoms with Crippen molar-refractivity contribution in [3.63, 3.8) is 0 Å². The van der Waals surface area contributed by atoms with Gasteiger partial charge in [-0.1, -0.05) is 6.07 Å². The van der Waals surface area contributed by atoms with Gasteiger partial charge < -0.3 is 10.6 Å². The molecule has 0 unspecified atom stereocenters. The average molecular weight is 261 g/mol. The molecule has 1 aromatic rings. The van der Waals surface area contributed by atoms with E-state index >= 15 is 0 Å². The van der Waals surface area contributed by atoms with Crippen molar-refractivity contribution in [3.8, 4) is 0 Å². The molecule has 2 N–H and O–H groups in total. The maximum Gasteiger partial charge on any atom is 0.0372 e. The van der Waals surface area contributed by atoms with Crippen LogP contribution in [0.4, 0.5) is 5.69 Å². The van der Waals surface area contributed by atoms with Crippen molar-refractivity contribution in [2.75, 3.05) is 37.6 Å². The summed E-state index contributed by atoms with van der Waals surface area (Å²) in [4.78, 5) is 5.00. The van der Waals surface area contributed by atoms with E-state index in [0.717, 1.165) is 32.7 Å². The molecule has 0 spiro atoms. The molecular formula is C16H27N3. The van der Waals surface area contributed by atoms with Gasteiger partial charge in [0, 0.05) is 44.0 Å². The fourth-order valence-corrected chi connectivity index (χ4v) is 2.83. The Balaban J connectivity index is 2.04. The van der Waals surface area contributed by atoms with E-state index in [-0.39, 0.29) is 5.54 Å². The Morgan fingerprint density at radius 3 is 2.00 bits per heavy atom. The van der Waals surface area contributed by atoms with Crippen LogP contribution in [0.1, 0.15) is 25.0 Å². The number of piperazine rings is 1. The first-order valence-electron chi connectivity index (χ1n) is 7.21.